The zero-order valence-electron chi connectivity index (χ0n) is 3.90. The zero-order valence-corrected chi connectivity index (χ0v) is 4.72. The number of hydrogen-bond acceptors (Lipinski definition) is 1. The molecule has 0 fully saturated rings. The Morgan fingerprint density at radius 3 is 2.50 bits per heavy atom. The van der Waals surface area contributed by atoms with Crippen molar-refractivity contribution in [2.24, 2.45) is 5.92 Å². The van der Waals surface area contributed by atoms with Gasteiger partial charge in [0.15, 0.2) is 0 Å². The molecule has 2 radical (unpaired) electrons. The van der Waals surface area contributed by atoms with Crippen LogP contribution in [0.4, 0.5) is 0 Å². The normalized spacial score (nSPS) is 9.17. The molecule has 0 aromatic heterocycles. The predicted octanol–water partition coefficient (Wildman–Crippen LogP) is 1.72. The van der Waals surface area contributed by atoms with Gasteiger partial charge >= 0.3 is 0 Å². The molecule has 0 saturated heterocycles. The minimum atomic E-state index is 0.433. The average Bonchev–Trinajstić information content (AvgIpc) is 1.35. The minimum Gasteiger partial charge on any atom is -0.0837 e. The smallest absolute Gasteiger partial charge is 0.0294 e. The predicted molar refractivity (Wildman–Crippen MR) is 31.7 cm³/mol. The molecule has 0 rings (SSSR count). The van der Waals surface area contributed by atoms with Crippen molar-refractivity contribution in [1.29, 1.82) is 0 Å². The van der Waals surface area contributed by atoms with Crippen molar-refractivity contribution < 1.29 is 0 Å². The Morgan fingerprint density at radius 1 is 2.00 bits per heavy atom. The largest absolute Gasteiger partial charge is 0.0837 e. The number of rotatable bonds is 2. The molecule has 0 aliphatic carbocycles. The fourth-order valence-electron chi connectivity index (χ4n) is 0.142. The van der Waals surface area contributed by atoms with E-state index in [0.717, 1.165) is 6.42 Å². The third-order valence-electron chi connectivity index (χ3n) is 0.432. The SMILES string of the molecule is [CH2]C(C)C[C]=S. The van der Waals surface area contributed by atoms with Crippen LogP contribution in [0.5, 0.6) is 0 Å². The van der Waals surface area contributed by atoms with E-state index in [9.17, 15) is 0 Å². The summed E-state index contributed by atoms with van der Waals surface area (Å²) < 4.78 is 0. The van der Waals surface area contributed by atoms with Gasteiger partial charge in [-0.3, -0.25) is 0 Å². The van der Waals surface area contributed by atoms with E-state index in [4.69, 9.17) is 0 Å². The molecule has 1 unspecified atom stereocenters. The molecule has 34 valence electrons. The lowest BCUT2D eigenvalue weighted by Gasteiger charge is -1.90. The Hall–Kier alpha value is 0.0900. The van der Waals surface area contributed by atoms with Gasteiger partial charge in [-0.15, -0.1) is 0 Å². The first-order valence-electron chi connectivity index (χ1n) is 1.95. The van der Waals surface area contributed by atoms with Crippen molar-refractivity contribution in [1.82, 2.24) is 0 Å². The molecule has 1 heteroatoms. The van der Waals surface area contributed by atoms with Gasteiger partial charge in [-0.1, -0.05) is 26.1 Å². The van der Waals surface area contributed by atoms with Gasteiger partial charge in [-0.25, -0.2) is 0 Å². The molecule has 0 bridgehead atoms. The number of thiocarbonyl (C=S) groups is 1. The molecule has 6 heavy (non-hydrogen) atoms. The van der Waals surface area contributed by atoms with Gasteiger partial charge in [0.1, 0.15) is 0 Å². The molecular weight excluding hydrogens is 92.1 g/mol. The van der Waals surface area contributed by atoms with E-state index in [1.807, 2.05) is 6.92 Å². The summed E-state index contributed by atoms with van der Waals surface area (Å²) in [7, 11) is 0. The van der Waals surface area contributed by atoms with Crippen LogP contribution in [0.1, 0.15) is 13.3 Å². The standard InChI is InChI=1S/C5H8S/c1-5(2)3-4-6/h5H,1,3H2,2H3. The fraction of sp³-hybridized carbons (Fsp3) is 0.600. The quantitative estimate of drug-likeness (QED) is 0.476. The first-order valence-corrected chi connectivity index (χ1v) is 2.36. The van der Waals surface area contributed by atoms with Crippen LogP contribution >= 0.6 is 12.2 Å². The third kappa shape index (κ3) is 4.09. The first kappa shape index (κ1) is 6.09. The van der Waals surface area contributed by atoms with Crippen LogP contribution in [-0.4, -0.2) is 5.37 Å². The van der Waals surface area contributed by atoms with E-state index in [2.05, 4.69) is 24.5 Å². The van der Waals surface area contributed by atoms with E-state index >= 15 is 0 Å². The lowest BCUT2D eigenvalue weighted by atomic mass is 10.2. The lowest BCUT2D eigenvalue weighted by molar-refractivity contribution is 0.777. The van der Waals surface area contributed by atoms with Crippen molar-refractivity contribution in [3.63, 3.8) is 0 Å². The van der Waals surface area contributed by atoms with Crippen molar-refractivity contribution >= 4 is 17.6 Å². The van der Waals surface area contributed by atoms with Gasteiger partial charge in [-0.05, 0) is 12.3 Å². The Bertz CT molecular complexity index is 39.2. The number of hydrogen-bond donors (Lipinski definition) is 0. The minimum absolute atomic E-state index is 0.433. The molecule has 0 aliphatic rings. The molecular formula is C5H8S. The van der Waals surface area contributed by atoms with Gasteiger partial charge < -0.3 is 0 Å². The summed E-state index contributed by atoms with van der Waals surface area (Å²) in [6.45, 7) is 5.71. The highest BCUT2D eigenvalue weighted by atomic mass is 32.1. The second-order valence-electron chi connectivity index (χ2n) is 1.45. The Balaban J connectivity index is 2.81. The van der Waals surface area contributed by atoms with Crippen molar-refractivity contribution in [2.75, 3.05) is 0 Å². The second kappa shape index (κ2) is 3.29. The first-order chi connectivity index (χ1) is 2.77. The molecule has 0 heterocycles. The Kier molecular flexibility index (Phi) is 3.34. The average molecular weight is 100 g/mol. The summed E-state index contributed by atoms with van der Waals surface area (Å²) in [6.07, 6.45) is 0.829. The van der Waals surface area contributed by atoms with E-state index < -0.39 is 0 Å². The van der Waals surface area contributed by atoms with Crippen LogP contribution in [0, 0.1) is 12.8 Å². The van der Waals surface area contributed by atoms with Gasteiger partial charge in [0.05, 0.1) is 0 Å². The van der Waals surface area contributed by atoms with Crippen molar-refractivity contribution in [3.8, 4) is 0 Å². The van der Waals surface area contributed by atoms with Crippen LogP contribution in [0.15, 0.2) is 0 Å². The lowest BCUT2D eigenvalue weighted by Crippen LogP contribution is -1.83. The van der Waals surface area contributed by atoms with E-state index in [0.29, 0.717) is 5.92 Å². The van der Waals surface area contributed by atoms with Crippen LogP contribution in [-0.2, 0) is 0 Å². The highest BCUT2D eigenvalue weighted by molar-refractivity contribution is 7.78. The van der Waals surface area contributed by atoms with Gasteiger partial charge in [-0.2, -0.15) is 0 Å². The van der Waals surface area contributed by atoms with Crippen LogP contribution in [0.3, 0.4) is 0 Å². The summed E-state index contributed by atoms with van der Waals surface area (Å²) in [5, 5.41) is 2.59. The molecule has 0 N–H and O–H groups in total. The molecule has 0 spiro atoms. The molecule has 0 amide bonds. The van der Waals surface area contributed by atoms with Crippen LogP contribution in [0.25, 0.3) is 0 Å². The maximum Gasteiger partial charge on any atom is 0.0294 e. The second-order valence-corrected chi connectivity index (χ2v) is 1.74. The van der Waals surface area contributed by atoms with E-state index in [-0.39, 0.29) is 0 Å². The highest BCUT2D eigenvalue weighted by Crippen LogP contribution is 1.92. The Labute approximate surface area is 44.6 Å². The highest BCUT2D eigenvalue weighted by Gasteiger charge is 1.84. The molecule has 0 aromatic rings. The van der Waals surface area contributed by atoms with E-state index in [1.165, 1.54) is 0 Å². The van der Waals surface area contributed by atoms with Crippen LogP contribution < -0.4 is 0 Å². The fourth-order valence-corrected chi connectivity index (χ4v) is 0.427. The zero-order chi connectivity index (χ0) is 4.99. The molecule has 0 saturated carbocycles. The third-order valence-corrected chi connectivity index (χ3v) is 0.598. The topological polar surface area (TPSA) is 0 Å². The molecule has 0 aliphatic heterocycles. The van der Waals surface area contributed by atoms with Gasteiger partial charge in [0, 0.05) is 5.37 Å². The molecule has 1 atom stereocenters. The Morgan fingerprint density at radius 2 is 2.50 bits per heavy atom. The van der Waals surface area contributed by atoms with E-state index in [1.54, 1.807) is 0 Å². The van der Waals surface area contributed by atoms with Crippen molar-refractivity contribution in [2.45, 2.75) is 13.3 Å². The maximum atomic E-state index is 4.44. The van der Waals surface area contributed by atoms with Gasteiger partial charge in [0.25, 0.3) is 0 Å². The monoisotopic (exact) mass is 100 g/mol. The summed E-state index contributed by atoms with van der Waals surface area (Å²) in [5.41, 5.74) is 0. The summed E-state index contributed by atoms with van der Waals surface area (Å²) in [5.74, 6) is 0.433. The summed E-state index contributed by atoms with van der Waals surface area (Å²) >= 11 is 4.44. The molecule has 0 aromatic carbocycles. The summed E-state index contributed by atoms with van der Waals surface area (Å²) in [4.78, 5) is 0. The molecule has 0 nitrogen and oxygen atoms in total. The van der Waals surface area contributed by atoms with Gasteiger partial charge in [0.2, 0.25) is 0 Å². The maximum absolute atomic E-state index is 4.44. The van der Waals surface area contributed by atoms with Crippen LogP contribution in [0.2, 0.25) is 0 Å². The summed E-state index contributed by atoms with van der Waals surface area (Å²) in [6, 6.07) is 0. The van der Waals surface area contributed by atoms with Crippen molar-refractivity contribution in [3.05, 3.63) is 6.92 Å².